The Kier molecular flexibility index (Phi) is 7.10. The lowest BCUT2D eigenvalue weighted by Crippen LogP contribution is -2.46. The summed E-state index contributed by atoms with van der Waals surface area (Å²) in [6.07, 6.45) is -5.90. The molecule has 2 N–H and O–H groups in total. The first-order valence-electron chi connectivity index (χ1n) is 5.03. The third kappa shape index (κ3) is 8.62. The highest BCUT2D eigenvalue weighted by Gasteiger charge is 2.30. The monoisotopic (exact) mass is 272 g/mol. The first-order chi connectivity index (χ1) is 8.26. The molecule has 106 valence electrons. The molecule has 0 saturated heterocycles. The molecule has 9 heteroatoms. The fourth-order valence-electron chi connectivity index (χ4n) is 0.861. The number of rotatable bonds is 6. The third-order valence-electron chi connectivity index (χ3n) is 1.70. The molecule has 0 aliphatic carbocycles. The van der Waals surface area contributed by atoms with Crippen LogP contribution in [-0.2, 0) is 14.3 Å². The van der Waals surface area contributed by atoms with E-state index in [1.807, 2.05) is 5.32 Å². The third-order valence-corrected chi connectivity index (χ3v) is 1.70. The Morgan fingerprint density at radius 2 is 1.94 bits per heavy atom. The Morgan fingerprint density at radius 3 is 2.44 bits per heavy atom. The number of carbonyl (C=O) groups excluding carboxylic acids is 2. The number of amides is 2. The van der Waals surface area contributed by atoms with Crippen molar-refractivity contribution < 1.29 is 32.2 Å². The number of hydrogen-bond donors (Lipinski definition) is 2. The molecule has 1 unspecified atom stereocenters. The van der Waals surface area contributed by atoms with Gasteiger partial charge in [0.2, 0.25) is 5.91 Å². The van der Waals surface area contributed by atoms with Gasteiger partial charge >= 0.3 is 12.3 Å². The van der Waals surface area contributed by atoms with Gasteiger partial charge in [0, 0.05) is 13.7 Å². The normalized spacial score (nSPS) is 12.7. The highest BCUT2D eigenvalue weighted by molar-refractivity contribution is 5.85. The minimum Gasteiger partial charge on any atom is -0.440 e. The molecule has 0 bridgehead atoms. The second-order valence-electron chi connectivity index (χ2n) is 3.34. The second kappa shape index (κ2) is 7.75. The predicted molar refractivity (Wildman–Crippen MR) is 54.9 cm³/mol. The molecule has 0 aromatic heterocycles. The molecule has 0 aliphatic heterocycles. The molecule has 0 fully saturated rings. The van der Waals surface area contributed by atoms with Crippen molar-refractivity contribution in [3.8, 4) is 0 Å². The van der Waals surface area contributed by atoms with E-state index in [0.29, 0.717) is 0 Å². The van der Waals surface area contributed by atoms with Gasteiger partial charge in [-0.1, -0.05) is 0 Å². The van der Waals surface area contributed by atoms with Crippen LogP contribution in [0.5, 0.6) is 0 Å². The Labute approximate surface area is 102 Å². The van der Waals surface area contributed by atoms with Crippen LogP contribution in [0.1, 0.15) is 6.92 Å². The smallest absolute Gasteiger partial charge is 0.422 e. The lowest BCUT2D eigenvalue weighted by Gasteiger charge is -2.14. The summed E-state index contributed by atoms with van der Waals surface area (Å²) in [5.74, 6) is -0.545. The molecular formula is C9H15F3N2O4. The summed E-state index contributed by atoms with van der Waals surface area (Å²) in [6.45, 7) is 0.143. The zero-order valence-corrected chi connectivity index (χ0v) is 9.97. The summed E-state index contributed by atoms with van der Waals surface area (Å²) in [4.78, 5) is 22.2. The lowest BCUT2D eigenvalue weighted by molar-refractivity contribution is -0.160. The maximum Gasteiger partial charge on any atom is 0.422 e. The van der Waals surface area contributed by atoms with Gasteiger partial charge in [-0.3, -0.25) is 4.79 Å². The highest BCUT2D eigenvalue weighted by atomic mass is 19.4. The van der Waals surface area contributed by atoms with Gasteiger partial charge in [0.05, 0.1) is 6.61 Å². The molecule has 0 aromatic rings. The standard InChI is InChI=1S/C9H15F3N2O4/c1-6(7(15)13-3-4-17-2)14-8(16)18-5-9(10,11)12/h6H,3-5H2,1-2H3,(H,13,15)(H,14,16). The van der Waals surface area contributed by atoms with Gasteiger partial charge in [0.15, 0.2) is 6.61 Å². The molecule has 0 spiro atoms. The Bertz CT molecular complexity index is 283. The second-order valence-corrected chi connectivity index (χ2v) is 3.34. The minimum atomic E-state index is -4.60. The minimum absolute atomic E-state index is 0.235. The molecule has 18 heavy (non-hydrogen) atoms. The number of nitrogens with one attached hydrogen (secondary N) is 2. The molecule has 0 rings (SSSR count). The number of alkyl carbamates (subject to hydrolysis) is 1. The summed E-state index contributed by atoms with van der Waals surface area (Å²) >= 11 is 0. The first-order valence-corrected chi connectivity index (χ1v) is 5.03. The number of methoxy groups -OCH3 is 1. The van der Waals surface area contributed by atoms with E-state index >= 15 is 0 Å². The van der Waals surface area contributed by atoms with Crippen LogP contribution in [-0.4, -0.2) is 51.1 Å². The van der Waals surface area contributed by atoms with Gasteiger partial charge in [-0.25, -0.2) is 4.79 Å². The van der Waals surface area contributed by atoms with Crippen LogP contribution in [0, 0.1) is 0 Å². The average molecular weight is 272 g/mol. The lowest BCUT2D eigenvalue weighted by atomic mass is 10.3. The van der Waals surface area contributed by atoms with Crippen LogP contribution >= 0.6 is 0 Å². The highest BCUT2D eigenvalue weighted by Crippen LogP contribution is 2.14. The summed E-state index contributed by atoms with van der Waals surface area (Å²) in [6, 6.07) is -0.998. The van der Waals surface area contributed by atoms with E-state index in [4.69, 9.17) is 0 Å². The van der Waals surface area contributed by atoms with E-state index in [2.05, 4.69) is 14.8 Å². The van der Waals surface area contributed by atoms with Crippen LogP contribution in [0.2, 0.25) is 0 Å². The Hall–Kier alpha value is -1.51. The van der Waals surface area contributed by atoms with E-state index in [0.717, 1.165) is 0 Å². The van der Waals surface area contributed by atoms with E-state index in [9.17, 15) is 22.8 Å². The first kappa shape index (κ1) is 16.5. The summed E-state index contributed by atoms with van der Waals surface area (Å²) in [7, 11) is 1.45. The van der Waals surface area contributed by atoms with Gasteiger partial charge in [-0.2, -0.15) is 13.2 Å². The van der Waals surface area contributed by atoms with E-state index in [1.165, 1.54) is 14.0 Å². The van der Waals surface area contributed by atoms with Crippen molar-refractivity contribution in [3.05, 3.63) is 0 Å². The quantitative estimate of drug-likeness (QED) is 0.687. The van der Waals surface area contributed by atoms with Crippen LogP contribution in [0.25, 0.3) is 0 Å². The Balaban J connectivity index is 3.88. The number of ether oxygens (including phenoxy) is 2. The molecule has 6 nitrogen and oxygen atoms in total. The van der Waals surface area contributed by atoms with Crippen molar-refractivity contribution in [1.29, 1.82) is 0 Å². The summed E-state index contributed by atoms with van der Waals surface area (Å²) < 4.78 is 43.7. The maximum atomic E-state index is 11.7. The molecule has 1 atom stereocenters. The molecular weight excluding hydrogens is 257 g/mol. The average Bonchev–Trinajstić information content (AvgIpc) is 2.25. The largest absolute Gasteiger partial charge is 0.440 e. The van der Waals surface area contributed by atoms with Gasteiger partial charge < -0.3 is 20.1 Å². The van der Waals surface area contributed by atoms with Crippen LogP contribution < -0.4 is 10.6 Å². The number of alkyl halides is 3. The van der Waals surface area contributed by atoms with Crippen molar-refractivity contribution in [2.45, 2.75) is 19.1 Å². The fourth-order valence-corrected chi connectivity index (χ4v) is 0.861. The molecule has 0 heterocycles. The van der Waals surface area contributed by atoms with Crippen LogP contribution in [0.3, 0.4) is 0 Å². The van der Waals surface area contributed by atoms with E-state index in [1.54, 1.807) is 0 Å². The van der Waals surface area contributed by atoms with Gasteiger partial charge in [0.1, 0.15) is 6.04 Å². The molecule has 0 aliphatic rings. The number of halogens is 3. The molecule has 0 aromatic carbocycles. The summed E-state index contributed by atoms with van der Waals surface area (Å²) in [5, 5.41) is 4.37. The number of hydrogen-bond acceptors (Lipinski definition) is 4. The van der Waals surface area contributed by atoms with Crippen molar-refractivity contribution in [2.24, 2.45) is 0 Å². The summed E-state index contributed by atoms with van der Waals surface area (Å²) in [5.41, 5.74) is 0. The van der Waals surface area contributed by atoms with Crippen LogP contribution in [0.4, 0.5) is 18.0 Å². The van der Waals surface area contributed by atoms with E-state index in [-0.39, 0.29) is 13.2 Å². The topological polar surface area (TPSA) is 76.7 Å². The maximum absolute atomic E-state index is 11.7. The predicted octanol–water partition coefficient (Wildman–Crippen LogP) is 0.426. The molecule has 0 saturated carbocycles. The van der Waals surface area contributed by atoms with Crippen molar-refractivity contribution in [2.75, 3.05) is 26.9 Å². The molecule has 2 amide bonds. The van der Waals surface area contributed by atoms with Crippen molar-refractivity contribution >= 4 is 12.0 Å². The van der Waals surface area contributed by atoms with E-state index < -0.39 is 30.8 Å². The van der Waals surface area contributed by atoms with Crippen molar-refractivity contribution in [1.82, 2.24) is 10.6 Å². The van der Waals surface area contributed by atoms with Crippen LogP contribution in [0.15, 0.2) is 0 Å². The SMILES string of the molecule is COCCNC(=O)C(C)NC(=O)OCC(F)(F)F. The zero-order chi connectivity index (χ0) is 14.2. The number of carbonyl (C=O) groups is 2. The molecule has 0 radical (unpaired) electrons. The van der Waals surface area contributed by atoms with Gasteiger partial charge in [-0.15, -0.1) is 0 Å². The Morgan fingerprint density at radius 1 is 1.33 bits per heavy atom. The van der Waals surface area contributed by atoms with Gasteiger partial charge in [-0.05, 0) is 6.92 Å². The zero-order valence-electron chi connectivity index (χ0n) is 9.97. The fraction of sp³-hybridized carbons (Fsp3) is 0.778. The van der Waals surface area contributed by atoms with Crippen molar-refractivity contribution in [3.63, 3.8) is 0 Å². The van der Waals surface area contributed by atoms with Gasteiger partial charge in [0.25, 0.3) is 0 Å².